The molecule has 0 saturated carbocycles. The Labute approximate surface area is 153 Å². The molecule has 132 valence electrons. The number of benzene rings is 2. The van der Waals surface area contributed by atoms with Crippen LogP contribution in [0.15, 0.2) is 54.6 Å². The van der Waals surface area contributed by atoms with Gasteiger partial charge in [-0.2, -0.15) is 5.26 Å². The number of hydrogen-bond donors (Lipinski definition) is 1. The van der Waals surface area contributed by atoms with Crippen LogP contribution in [0.2, 0.25) is 0 Å². The SMILES string of the molecule is N#Cc1ccc(C(=O)N[C@@H](Cc2ccccc2)C(=O)N2CCCC2)cc1. The summed E-state index contributed by atoms with van der Waals surface area (Å²) in [4.78, 5) is 27.3. The molecule has 5 heteroatoms. The molecule has 0 radical (unpaired) electrons. The van der Waals surface area contributed by atoms with E-state index in [1.807, 2.05) is 41.3 Å². The molecule has 0 unspecified atom stereocenters. The summed E-state index contributed by atoms with van der Waals surface area (Å²) in [6.45, 7) is 1.49. The molecule has 0 spiro atoms. The van der Waals surface area contributed by atoms with Crippen molar-refractivity contribution >= 4 is 11.8 Å². The van der Waals surface area contributed by atoms with Gasteiger partial charge in [0.25, 0.3) is 5.91 Å². The quantitative estimate of drug-likeness (QED) is 0.903. The number of nitrogens with zero attached hydrogens (tertiary/aromatic N) is 2. The Hall–Kier alpha value is -3.13. The molecule has 1 heterocycles. The molecule has 1 saturated heterocycles. The summed E-state index contributed by atoms with van der Waals surface area (Å²) < 4.78 is 0. The smallest absolute Gasteiger partial charge is 0.251 e. The Morgan fingerprint density at radius 3 is 2.31 bits per heavy atom. The Kier molecular flexibility index (Phi) is 5.65. The minimum atomic E-state index is -0.598. The molecule has 1 aliphatic heterocycles. The maximum Gasteiger partial charge on any atom is 0.251 e. The van der Waals surface area contributed by atoms with E-state index in [4.69, 9.17) is 5.26 Å². The van der Waals surface area contributed by atoms with Crippen LogP contribution in [0.25, 0.3) is 0 Å². The molecule has 2 amide bonds. The van der Waals surface area contributed by atoms with Crippen molar-refractivity contribution < 1.29 is 9.59 Å². The van der Waals surface area contributed by atoms with Gasteiger partial charge in [-0.05, 0) is 42.7 Å². The molecule has 1 aliphatic rings. The highest BCUT2D eigenvalue weighted by Crippen LogP contribution is 2.13. The van der Waals surface area contributed by atoms with Gasteiger partial charge in [-0.3, -0.25) is 9.59 Å². The average Bonchev–Trinajstić information content (AvgIpc) is 3.22. The minimum absolute atomic E-state index is 0.0339. The van der Waals surface area contributed by atoms with Crippen molar-refractivity contribution in [3.8, 4) is 6.07 Å². The third-order valence-electron chi connectivity index (χ3n) is 4.58. The van der Waals surface area contributed by atoms with E-state index >= 15 is 0 Å². The number of likely N-dealkylation sites (tertiary alicyclic amines) is 1. The van der Waals surface area contributed by atoms with Gasteiger partial charge in [0.05, 0.1) is 11.6 Å². The number of nitrogens with one attached hydrogen (secondary N) is 1. The van der Waals surface area contributed by atoms with Crippen LogP contribution in [0.1, 0.15) is 34.3 Å². The van der Waals surface area contributed by atoms with Gasteiger partial charge in [-0.15, -0.1) is 0 Å². The molecule has 0 bridgehead atoms. The maximum atomic E-state index is 12.9. The van der Waals surface area contributed by atoms with E-state index in [1.165, 1.54) is 0 Å². The maximum absolute atomic E-state index is 12.9. The van der Waals surface area contributed by atoms with Crippen LogP contribution in [-0.4, -0.2) is 35.8 Å². The number of carbonyl (C=O) groups excluding carboxylic acids is 2. The monoisotopic (exact) mass is 347 g/mol. The van der Waals surface area contributed by atoms with E-state index in [2.05, 4.69) is 5.32 Å². The molecule has 0 aliphatic carbocycles. The molecular weight excluding hydrogens is 326 g/mol. The third-order valence-corrected chi connectivity index (χ3v) is 4.58. The molecule has 2 aromatic carbocycles. The molecule has 0 aromatic heterocycles. The second kappa shape index (κ2) is 8.30. The van der Waals surface area contributed by atoms with Crippen molar-refractivity contribution in [3.05, 3.63) is 71.3 Å². The Bertz CT molecular complexity index is 803. The first-order valence-corrected chi connectivity index (χ1v) is 8.81. The van der Waals surface area contributed by atoms with E-state index in [9.17, 15) is 9.59 Å². The van der Waals surface area contributed by atoms with Crippen molar-refractivity contribution in [2.45, 2.75) is 25.3 Å². The third kappa shape index (κ3) is 4.28. The number of nitriles is 1. The van der Waals surface area contributed by atoms with Gasteiger partial charge in [-0.1, -0.05) is 30.3 Å². The summed E-state index contributed by atoms with van der Waals surface area (Å²) >= 11 is 0. The molecule has 1 atom stereocenters. The zero-order valence-electron chi connectivity index (χ0n) is 14.5. The van der Waals surface area contributed by atoms with Crippen molar-refractivity contribution in [2.24, 2.45) is 0 Å². The number of hydrogen-bond acceptors (Lipinski definition) is 3. The fourth-order valence-electron chi connectivity index (χ4n) is 3.15. The second-order valence-electron chi connectivity index (χ2n) is 6.44. The lowest BCUT2D eigenvalue weighted by molar-refractivity contribution is -0.132. The zero-order valence-corrected chi connectivity index (χ0v) is 14.5. The molecule has 1 N–H and O–H groups in total. The number of rotatable bonds is 5. The highest BCUT2D eigenvalue weighted by Gasteiger charge is 2.28. The Morgan fingerprint density at radius 1 is 1.04 bits per heavy atom. The van der Waals surface area contributed by atoms with Crippen LogP contribution < -0.4 is 5.32 Å². The van der Waals surface area contributed by atoms with Crippen molar-refractivity contribution in [3.63, 3.8) is 0 Å². The van der Waals surface area contributed by atoms with Gasteiger partial charge in [0.2, 0.25) is 5.91 Å². The van der Waals surface area contributed by atoms with Crippen LogP contribution in [0.5, 0.6) is 0 Å². The van der Waals surface area contributed by atoms with Crippen molar-refractivity contribution in [1.82, 2.24) is 10.2 Å². The summed E-state index contributed by atoms with van der Waals surface area (Å²) in [6.07, 6.45) is 2.47. The normalized spacial score (nSPS) is 14.5. The van der Waals surface area contributed by atoms with Gasteiger partial charge in [-0.25, -0.2) is 0 Å². The molecule has 1 fully saturated rings. The molecule has 26 heavy (non-hydrogen) atoms. The fraction of sp³-hybridized carbons (Fsp3) is 0.286. The van der Waals surface area contributed by atoms with Crippen LogP contribution in [-0.2, 0) is 11.2 Å². The van der Waals surface area contributed by atoms with E-state index in [0.29, 0.717) is 17.5 Å². The van der Waals surface area contributed by atoms with E-state index in [-0.39, 0.29) is 11.8 Å². The second-order valence-corrected chi connectivity index (χ2v) is 6.44. The summed E-state index contributed by atoms with van der Waals surface area (Å²) in [7, 11) is 0. The molecule has 2 aromatic rings. The first-order chi connectivity index (χ1) is 12.7. The topological polar surface area (TPSA) is 73.2 Å². The number of amides is 2. The van der Waals surface area contributed by atoms with Crippen molar-refractivity contribution in [2.75, 3.05) is 13.1 Å². The largest absolute Gasteiger partial charge is 0.341 e. The van der Waals surface area contributed by atoms with E-state index in [0.717, 1.165) is 31.5 Å². The average molecular weight is 347 g/mol. The summed E-state index contributed by atoms with van der Waals surface area (Å²) in [5.41, 5.74) is 1.94. The van der Waals surface area contributed by atoms with Gasteiger partial charge < -0.3 is 10.2 Å². The fourth-order valence-corrected chi connectivity index (χ4v) is 3.15. The Balaban J connectivity index is 1.76. The first-order valence-electron chi connectivity index (χ1n) is 8.81. The predicted octanol–water partition coefficient (Wildman–Crippen LogP) is 2.52. The molecule has 3 rings (SSSR count). The highest BCUT2D eigenvalue weighted by molar-refractivity contribution is 5.97. The van der Waals surface area contributed by atoms with Crippen molar-refractivity contribution in [1.29, 1.82) is 5.26 Å². The standard InChI is InChI=1S/C21H21N3O2/c22-15-17-8-10-18(11-9-17)20(25)23-19(14-16-6-2-1-3-7-16)21(26)24-12-4-5-13-24/h1-3,6-11,19H,4-5,12-14H2,(H,23,25)/t19-/m0/s1. The summed E-state index contributed by atoms with van der Waals surface area (Å²) in [5.74, 6) is -0.337. The lowest BCUT2D eigenvalue weighted by Gasteiger charge is -2.24. The molecule has 5 nitrogen and oxygen atoms in total. The van der Waals surface area contributed by atoms with E-state index < -0.39 is 6.04 Å². The van der Waals surface area contributed by atoms with Gasteiger partial charge in [0, 0.05) is 25.1 Å². The highest BCUT2D eigenvalue weighted by atomic mass is 16.2. The zero-order chi connectivity index (χ0) is 18.4. The Morgan fingerprint density at radius 2 is 1.69 bits per heavy atom. The van der Waals surface area contributed by atoms with Crippen LogP contribution >= 0.6 is 0 Å². The predicted molar refractivity (Wildman–Crippen MR) is 98.4 cm³/mol. The summed E-state index contributed by atoms with van der Waals surface area (Å²) in [6, 6.07) is 17.5. The summed E-state index contributed by atoms with van der Waals surface area (Å²) in [5, 5.41) is 11.8. The minimum Gasteiger partial charge on any atom is -0.341 e. The van der Waals surface area contributed by atoms with Crippen LogP contribution in [0.3, 0.4) is 0 Å². The molecular formula is C21H21N3O2. The lowest BCUT2D eigenvalue weighted by atomic mass is 10.0. The number of carbonyl (C=O) groups is 2. The van der Waals surface area contributed by atoms with Gasteiger partial charge in [0.1, 0.15) is 6.04 Å². The van der Waals surface area contributed by atoms with E-state index in [1.54, 1.807) is 24.3 Å². The van der Waals surface area contributed by atoms with Gasteiger partial charge in [0.15, 0.2) is 0 Å². The first kappa shape index (κ1) is 17.7. The van der Waals surface area contributed by atoms with Crippen LogP contribution in [0.4, 0.5) is 0 Å². The van der Waals surface area contributed by atoms with Crippen LogP contribution in [0, 0.1) is 11.3 Å². The lowest BCUT2D eigenvalue weighted by Crippen LogP contribution is -2.49. The van der Waals surface area contributed by atoms with Gasteiger partial charge >= 0.3 is 0 Å².